The van der Waals surface area contributed by atoms with Gasteiger partial charge in [-0.15, -0.1) is 0 Å². The number of allylic oxidation sites excluding steroid dienone is 1. The highest BCUT2D eigenvalue weighted by Crippen LogP contribution is 2.35. The van der Waals surface area contributed by atoms with Crippen LogP contribution in [0.2, 0.25) is 0 Å². The Morgan fingerprint density at radius 2 is 1.89 bits per heavy atom. The lowest BCUT2D eigenvalue weighted by Crippen LogP contribution is -2.63. The number of carbonyl (C=O) groups excluding carboxylic acids is 1. The summed E-state index contributed by atoms with van der Waals surface area (Å²) >= 11 is 0. The van der Waals surface area contributed by atoms with E-state index in [2.05, 4.69) is 59.7 Å². The lowest BCUT2D eigenvalue weighted by Gasteiger charge is -2.51. The summed E-state index contributed by atoms with van der Waals surface area (Å²) in [6.45, 7) is 12.4. The zero-order valence-corrected chi connectivity index (χ0v) is 22.7. The number of rotatable bonds is 8. The molecule has 5 heterocycles. The van der Waals surface area contributed by atoms with Crippen LogP contribution in [0, 0.1) is 0 Å². The van der Waals surface area contributed by atoms with Crippen LogP contribution in [0.3, 0.4) is 0 Å². The summed E-state index contributed by atoms with van der Waals surface area (Å²) in [5.74, 6) is 1.49. The molecule has 3 fully saturated rings. The maximum Gasteiger partial charge on any atom is 0.272 e. The molecule has 0 saturated carbocycles. The van der Waals surface area contributed by atoms with Crippen LogP contribution >= 0.6 is 0 Å². The third-order valence-corrected chi connectivity index (χ3v) is 7.69. The number of hydrogen-bond donors (Lipinski definition) is 0. The Hall–Kier alpha value is -3.78. The Labute approximate surface area is 224 Å². The largest absolute Gasteiger partial charge is 0.481 e. The second kappa shape index (κ2) is 10.9. The molecule has 3 aromatic rings. The van der Waals surface area contributed by atoms with Gasteiger partial charge in [-0.3, -0.25) is 14.3 Å². The molecule has 198 valence electrons. The van der Waals surface area contributed by atoms with Crippen molar-refractivity contribution in [3.63, 3.8) is 0 Å². The van der Waals surface area contributed by atoms with E-state index in [0.717, 1.165) is 36.3 Å². The molecule has 0 spiro atoms. The predicted molar refractivity (Wildman–Crippen MR) is 151 cm³/mol. The van der Waals surface area contributed by atoms with Gasteiger partial charge in [-0.2, -0.15) is 0 Å². The van der Waals surface area contributed by atoms with Crippen molar-refractivity contribution in [1.29, 1.82) is 0 Å². The van der Waals surface area contributed by atoms with Gasteiger partial charge in [0, 0.05) is 49.5 Å². The molecule has 8 heteroatoms. The maximum atomic E-state index is 13.4. The third-order valence-electron chi connectivity index (χ3n) is 7.69. The van der Waals surface area contributed by atoms with Gasteiger partial charge in [0.1, 0.15) is 5.69 Å². The smallest absolute Gasteiger partial charge is 0.272 e. The van der Waals surface area contributed by atoms with E-state index in [0.29, 0.717) is 36.5 Å². The van der Waals surface area contributed by atoms with E-state index in [1.54, 1.807) is 19.2 Å². The number of pyridine rings is 1. The first-order chi connectivity index (χ1) is 18.4. The number of piperidine rings is 2. The Balaban J connectivity index is 1.42. The quantitative estimate of drug-likeness (QED) is 0.378. The lowest BCUT2D eigenvalue weighted by molar-refractivity contribution is -0.0163. The minimum atomic E-state index is -0.0266. The van der Waals surface area contributed by atoms with Crippen LogP contribution in [0.15, 0.2) is 53.5 Å². The number of piperazine rings is 1. The van der Waals surface area contributed by atoms with Crippen LogP contribution in [0.5, 0.6) is 5.88 Å². The van der Waals surface area contributed by atoms with Gasteiger partial charge in [0.2, 0.25) is 11.8 Å². The number of aromatic nitrogens is 3. The standard InChI is InChI=1S/C30H36N6O2/c1-6-16-35-26(28(33-30(35)31-4)22-12-10-21(11-13-22)20(2)3)19-34-17-24-15-14-23(34)18-36(24)29(37)25-8-7-9-27(32-25)38-5/h6-13,16,20,23-24H,4,14-15,17-19H2,1-3,5H3/b16-6-. The van der Waals surface area contributed by atoms with Gasteiger partial charge in [-0.05, 0) is 44.0 Å². The summed E-state index contributed by atoms with van der Waals surface area (Å²) < 4.78 is 7.28. The molecule has 0 N–H and O–H groups in total. The fourth-order valence-electron chi connectivity index (χ4n) is 5.62. The molecule has 0 radical (unpaired) electrons. The Kier molecular flexibility index (Phi) is 7.42. The summed E-state index contributed by atoms with van der Waals surface area (Å²) in [6, 6.07) is 14.4. The van der Waals surface area contributed by atoms with E-state index < -0.39 is 0 Å². The second-order valence-corrected chi connectivity index (χ2v) is 10.3. The summed E-state index contributed by atoms with van der Waals surface area (Å²) in [5, 5.41) is 0. The number of aliphatic imine (C=N–C) groups is 1. The van der Waals surface area contributed by atoms with Crippen LogP contribution in [-0.4, -0.2) is 69.2 Å². The van der Waals surface area contributed by atoms with E-state index in [4.69, 9.17) is 9.72 Å². The molecule has 3 aliphatic rings. The average Bonchev–Trinajstić information content (AvgIpc) is 3.30. The van der Waals surface area contributed by atoms with Crippen LogP contribution in [0.1, 0.15) is 61.3 Å². The number of amides is 1. The highest BCUT2D eigenvalue weighted by molar-refractivity contribution is 5.93. The van der Waals surface area contributed by atoms with Crippen LogP contribution in [-0.2, 0) is 6.54 Å². The molecular weight excluding hydrogens is 476 g/mol. The second-order valence-electron chi connectivity index (χ2n) is 10.3. The number of nitrogens with zero attached hydrogens (tertiary/aromatic N) is 6. The summed E-state index contributed by atoms with van der Waals surface area (Å²) in [6.07, 6.45) is 6.05. The highest BCUT2D eigenvalue weighted by Gasteiger charge is 2.42. The molecule has 3 aliphatic heterocycles. The van der Waals surface area contributed by atoms with Gasteiger partial charge in [0.05, 0.1) is 18.5 Å². The molecule has 1 amide bonds. The van der Waals surface area contributed by atoms with Crippen molar-refractivity contribution in [3.05, 3.63) is 65.5 Å². The minimum Gasteiger partial charge on any atom is -0.481 e. The van der Waals surface area contributed by atoms with Crippen LogP contribution in [0.25, 0.3) is 17.5 Å². The van der Waals surface area contributed by atoms with E-state index in [9.17, 15) is 4.79 Å². The number of hydrogen-bond acceptors (Lipinski definition) is 6. The van der Waals surface area contributed by atoms with Crippen molar-refractivity contribution >= 4 is 24.8 Å². The van der Waals surface area contributed by atoms with Crippen molar-refractivity contribution in [2.24, 2.45) is 4.99 Å². The third kappa shape index (κ3) is 4.88. The molecule has 38 heavy (non-hydrogen) atoms. The molecule has 0 aliphatic carbocycles. The molecule has 8 nitrogen and oxygen atoms in total. The van der Waals surface area contributed by atoms with Crippen molar-refractivity contribution in [1.82, 2.24) is 24.3 Å². The highest BCUT2D eigenvalue weighted by atomic mass is 16.5. The number of imidazole rings is 1. The van der Waals surface area contributed by atoms with E-state index in [1.165, 1.54) is 5.56 Å². The summed E-state index contributed by atoms with van der Waals surface area (Å²) in [7, 11) is 1.57. The molecule has 2 aromatic heterocycles. The number of benzene rings is 1. The minimum absolute atomic E-state index is 0.0266. The zero-order valence-electron chi connectivity index (χ0n) is 22.7. The van der Waals surface area contributed by atoms with Crippen molar-refractivity contribution in [2.45, 2.75) is 58.2 Å². The van der Waals surface area contributed by atoms with Gasteiger partial charge < -0.3 is 9.64 Å². The van der Waals surface area contributed by atoms with Crippen molar-refractivity contribution in [2.75, 3.05) is 20.2 Å². The fraction of sp³-hybridized carbons (Fsp3) is 0.400. The number of carbonyl (C=O) groups is 1. The Bertz CT molecular complexity index is 1340. The van der Waals surface area contributed by atoms with Crippen LogP contribution < -0.4 is 4.74 Å². The topological polar surface area (TPSA) is 75.8 Å². The lowest BCUT2D eigenvalue weighted by atomic mass is 9.90. The first-order valence-electron chi connectivity index (χ1n) is 13.3. The predicted octanol–water partition coefficient (Wildman–Crippen LogP) is 5.39. The molecular formula is C30H36N6O2. The average molecular weight is 513 g/mol. The number of fused-ring (bicyclic) bond motifs is 3. The maximum absolute atomic E-state index is 13.4. The fourth-order valence-corrected chi connectivity index (χ4v) is 5.62. The van der Waals surface area contributed by atoms with Gasteiger partial charge in [-0.1, -0.05) is 50.3 Å². The van der Waals surface area contributed by atoms with Crippen LogP contribution in [0.4, 0.5) is 5.95 Å². The van der Waals surface area contributed by atoms with Gasteiger partial charge in [0.25, 0.3) is 5.91 Å². The summed E-state index contributed by atoms with van der Waals surface area (Å²) in [5.41, 5.74) is 4.82. The van der Waals surface area contributed by atoms with Gasteiger partial charge >= 0.3 is 0 Å². The molecule has 2 atom stereocenters. The molecule has 2 unspecified atom stereocenters. The number of ether oxygens (including phenoxy) is 1. The molecule has 2 bridgehead atoms. The zero-order chi connectivity index (χ0) is 26.8. The molecule has 1 aromatic carbocycles. The normalized spacial score (nSPS) is 19.4. The van der Waals surface area contributed by atoms with E-state index in [1.807, 2.05) is 34.7 Å². The van der Waals surface area contributed by atoms with Crippen molar-refractivity contribution in [3.8, 4) is 17.1 Å². The summed E-state index contributed by atoms with van der Waals surface area (Å²) in [4.78, 5) is 31.4. The van der Waals surface area contributed by atoms with E-state index >= 15 is 0 Å². The Morgan fingerprint density at radius 3 is 2.53 bits per heavy atom. The van der Waals surface area contributed by atoms with Gasteiger partial charge in [-0.25, -0.2) is 15.0 Å². The Morgan fingerprint density at radius 1 is 1.13 bits per heavy atom. The van der Waals surface area contributed by atoms with Crippen molar-refractivity contribution < 1.29 is 9.53 Å². The SMILES string of the molecule is C=Nc1nc(-c2ccc(C(C)C)cc2)c(CN2CC3CCC2CN3C(=O)c2cccc(OC)n2)n1/C=C\C. The van der Waals surface area contributed by atoms with Gasteiger partial charge in [0.15, 0.2) is 0 Å². The van der Waals surface area contributed by atoms with E-state index in [-0.39, 0.29) is 18.0 Å². The number of methoxy groups -OCH3 is 1. The first kappa shape index (κ1) is 25.9. The monoisotopic (exact) mass is 512 g/mol. The molecule has 3 saturated heterocycles. The first-order valence-corrected chi connectivity index (χ1v) is 13.3. The molecule has 6 rings (SSSR count).